The molecule has 0 radical (unpaired) electrons. The van der Waals surface area contributed by atoms with E-state index >= 15 is 0 Å². The lowest BCUT2D eigenvalue weighted by atomic mass is 10.0. The van der Waals surface area contributed by atoms with Gasteiger partial charge in [0.05, 0.1) is 18.9 Å². The summed E-state index contributed by atoms with van der Waals surface area (Å²) in [7, 11) is 3.11. The Labute approximate surface area is 132 Å². The van der Waals surface area contributed by atoms with Crippen molar-refractivity contribution in [2.75, 3.05) is 20.2 Å². The summed E-state index contributed by atoms with van der Waals surface area (Å²) in [6, 6.07) is 2.10. The molecule has 1 fully saturated rings. The number of nitrogens with zero attached hydrogens (tertiary/aromatic N) is 5. The van der Waals surface area contributed by atoms with Gasteiger partial charge in [0.1, 0.15) is 5.76 Å². The van der Waals surface area contributed by atoms with Crippen LogP contribution in [0.1, 0.15) is 22.1 Å². The number of rotatable bonds is 4. The van der Waals surface area contributed by atoms with E-state index in [0.29, 0.717) is 18.7 Å². The maximum Gasteiger partial charge on any atom is 0.314 e. The quantitative estimate of drug-likeness (QED) is 0.830. The first-order valence-electron chi connectivity index (χ1n) is 7.32. The van der Waals surface area contributed by atoms with Crippen molar-refractivity contribution in [3.05, 3.63) is 23.3 Å². The molecule has 0 saturated carbocycles. The summed E-state index contributed by atoms with van der Waals surface area (Å²) in [4.78, 5) is 18.0. The molecule has 23 heavy (non-hydrogen) atoms. The van der Waals surface area contributed by atoms with Gasteiger partial charge < -0.3 is 19.3 Å². The van der Waals surface area contributed by atoms with Crippen LogP contribution in [-0.2, 0) is 13.5 Å². The summed E-state index contributed by atoms with van der Waals surface area (Å²) < 4.78 is 11.6. The van der Waals surface area contributed by atoms with Gasteiger partial charge in [0, 0.05) is 38.5 Å². The topological polar surface area (TPSA) is 107 Å². The van der Waals surface area contributed by atoms with Gasteiger partial charge in [-0.05, 0) is 6.92 Å². The van der Waals surface area contributed by atoms with Crippen molar-refractivity contribution >= 4 is 5.91 Å². The van der Waals surface area contributed by atoms with Gasteiger partial charge in [-0.3, -0.25) is 4.79 Å². The molecule has 1 aliphatic rings. The fourth-order valence-electron chi connectivity index (χ4n) is 2.77. The lowest BCUT2D eigenvalue weighted by molar-refractivity contribution is 0.0752. The van der Waals surface area contributed by atoms with Gasteiger partial charge in [-0.15, -0.1) is 5.10 Å². The zero-order valence-corrected chi connectivity index (χ0v) is 13.3. The van der Waals surface area contributed by atoms with Gasteiger partial charge in [-0.25, -0.2) is 4.68 Å². The molecule has 1 saturated heterocycles. The van der Waals surface area contributed by atoms with Crippen LogP contribution >= 0.6 is 0 Å². The number of likely N-dealkylation sites (tertiary alicyclic amines) is 1. The van der Waals surface area contributed by atoms with Crippen LogP contribution in [-0.4, -0.2) is 62.1 Å². The zero-order chi connectivity index (χ0) is 16.6. The molecule has 1 N–H and O–H groups in total. The Hall–Kier alpha value is -2.42. The summed E-state index contributed by atoms with van der Waals surface area (Å²) in [6.45, 7) is 2.51. The Morgan fingerprint density at radius 1 is 1.52 bits per heavy atom. The fourth-order valence-corrected chi connectivity index (χ4v) is 2.77. The fraction of sp³-hybridized carbons (Fsp3) is 0.571. The standard InChI is InChI=1S/C14H19N5O4/c1-8-4-10(23-17-8)5-9-6-19(7-11(9)20)13(21)12-15-14(22-3)18(2)16-12/h4,9,11,20H,5-7H2,1-3H3/t9-,11-/m1/s1. The molecule has 3 heterocycles. The van der Waals surface area contributed by atoms with E-state index in [1.807, 2.05) is 13.0 Å². The van der Waals surface area contributed by atoms with Crippen molar-refractivity contribution in [2.45, 2.75) is 19.4 Å². The van der Waals surface area contributed by atoms with Crippen LogP contribution in [0.2, 0.25) is 0 Å². The predicted octanol–water partition coefficient (Wildman–Crippen LogP) is -0.204. The summed E-state index contributed by atoms with van der Waals surface area (Å²) in [5, 5.41) is 18.1. The molecule has 9 nitrogen and oxygen atoms in total. The van der Waals surface area contributed by atoms with Crippen molar-refractivity contribution in [3.8, 4) is 6.01 Å². The second-order valence-corrected chi connectivity index (χ2v) is 5.72. The van der Waals surface area contributed by atoms with E-state index in [4.69, 9.17) is 9.26 Å². The Balaban J connectivity index is 1.68. The van der Waals surface area contributed by atoms with Gasteiger partial charge in [-0.2, -0.15) is 4.98 Å². The van der Waals surface area contributed by atoms with Gasteiger partial charge in [-0.1, -0.05) is 5.16 Å². The second kappa shape index (κ2) is 5.99. The molecule has 0 aliphatic carbocycles. The second-order valence-electron chi connectivity index (χ2n) is 5.72. The van der Waals surface area contributed by atoms with E-state index in [0.717, 1.165) is 5.69 Å². The molecule has 2 aromatic rings. The maximum atomic E-state index is 12.5. The molecule has 0 bridgehead atoms. The molecule has 1 amide bonds. The molecule has 2 atom stereocenters. The Morgan fingerprint density at radius 3 is 2.91 bits per heavy atom. The number of β-amino-alcohol motifs (C(OH)–C–C–N with tert-alkyl or cyclic N) is 1. The third-order valence-corrected chi connectivity index (χ3v) is 3.93. The highest BCUT2D eigenvalue weighted by Crippen LogP contribution is 2.23. The normalized spacial score (nSPS) is 21.0. The van der Waals surface area contributed by atoms with Crippen LogP contribution in [0, 0.1) is 12.8 Å². The highest BCUT2D eigenvalue weighted by molar-refractivity contribution is 5.90. The summed E-state index contributed by atoms with van der Waals surface area (Å²) >= 11 is 0. The molecule has 3 rings (SSSR count). The minimum atomic E-state index is -0.616. The number of hydrogen-bond acceptors (Lipinski definition) is 7. The number of aliphatic hydroxyl groups is 1. The lowest BCUT2D eigenvalue weighted by Gasteiger charge is -2.13. The van der Waals surface area contributed by atoms with E-state index in [1.165, 1.54) is 11.8 Å². The van der Waals surface area contributed by atoms with E-state index in [1.54, 1.807) is 11.9 Å². The smallest absolute Gasteiger partial charge is 0.314 e. The third kappa shape index (κ3) is 3.04. The maximum absolute atomic E-state index is 12.5. The van der Waals surface area contributed by atoms with Crippen molar-refractivity contribution in [1.82, 2.24) is 24.8 Å². The van der Waals surface area contributed by atoms with Crippen LogP contribution in [0.25, 0.3) is 0 Å². The van der Waals surface area contributed by atoms with Crippen LogP contribution in [0.3, 0.4) is 0 Å². The molecular weight excluding hydrogens is 302 g/mol. The van der Waals surface area contributed by atoms with Gasteiger partial charge >= 0.3 is 6.01 Å². The Kier molecular flexibility index (Phi) is 4.03. The third-order valence-electron chi connectivity index (χ3n) is 3.93. The Bertz CT molecular complexity index is 710. The number of aromatic nitrogens is 4. The van der Waals surface area contributed by atoms with Gasteiger partial charge in [0.15, 0.2) is 0 Å². The van der Waals surface area contributed by atoms with Gasteiger partial charge in [0.2, 0.25) is 5.82 Å². The van der Waals surface area contributed by atoms with E-state index in [9.17, 15) is 9.90 Å². The largest absolute Gasteiger partial charge is 0.467 e. The highest BCUT2D eigenvalue weighted by atomic mass is 16.5. The molecule has 1 aliphatic heterocycles. The number of hydrogen-bond donors (Lipinski definition) is 1. The summed E-state index contributed by atoms with van der Waals surface area (Å²) in [5.74, 6) is 0.349. The number of amides is 1. The minimum Gasteiger partial charge on any atom is -0.467 e. The van der Waals surface area contributed by atoms with E-state index < -0.39 is 6.10 Å². The van der Waals surface area contributed by atoms with E-state index in [2.05, 4.69) is 15.2 Å². The lowest BCUT2D eigenvalue weighted by Crippen LogP contribution is -2.30. The molecule has 9 heteroatoms. The van der Waals surface area contributed by atoms with Gasteiger partial charge in [0.25, 0.3) is 5.91 Å². The number of aryl methyl sites for hydroxylation is 2. The molecule has 2 aromatic heterocycles. The average Bonchev–Trinajstić information content (AvgIpc) is 3.19. The monoisotopic (exact) mass is 321 g/mol. The molecule has 0 unspecified atom stereocenters. The average molecular weight is 321 g/mol. The molecular formula is C14H19N5O4. The number of ether oxygens (including phenoxy) is 1. The molecule has 124 valence electrons. The molecule has 0 aromatic carbocycles. The first-order chi connectivity index (χ1) is 11.0. The number of carbonyl (C=O) groups excluding carboxylic acids is 1. The highest BCUT2D eigenvalue weighted by Gasteiger charge is 2.36. The first-order valence-corrected chi connectivity index (χ1v) is 7.32. The van der Waals surface area contributed by atoms with Crippen molar-refractivity contribution in [3.63, 3.8) is 0 Å². The molecule has 0 spiro atoms. The zero-order valence-electron chi connectivity index (χ0n) is 13.3. The van der Waals surface area contributed by atoms with Crippen molar-refractivity contribution in [2.24, 2.45) is 13.0 Å². The summed E-state index contributed by atoms with van der Waals surface area (Å²) in [6.07, 6.45) is -0.0833. The van der Waals surface area contributed by atoms with Crippen LogP contribution in [0.4, 0.5) is 0 Å². The SMILES string of the molecule is COc1nc(C(=O)N2C[C@@H](Cc3cc(C)no3)[C@H](O)C2)nn1C. The van der Waals surface area contributed by atoms with Crippen molar-refractivity contribution < 1.29 is 19.2 Å². The number of methoxy groups -OCH3 is 1. The number of carbonyl (C=O) groups is 1. The minimum absolute atomic E-state index is 0.0627. The number of aliphatic hydroxyl groups excluding tert-OH is 1. The predicted molar refractivity (Wildman–Crippen MR) is 77.9 cm³/mol. The van der Waals surface area contributed by atoms with Crippen LogP contribution in [0.5, 0.6) is 6.01 Å². The van der Waals surface area contributed by atoms with Crippen LogP contribution < -0.4 is 4.74 Å². The van der Waals surface area contributed by atoms with E-state index in [-0.39, 0.29) is 30.2 Å². The first kappa shape index (κ1) is 15.5. The van der Waals surface area contributed by atoms with Crippen LogP contribution in [0.15, 0.2) is 10.6 Å². The van der Waals surface area contributed by atoms with Crippen molar-refractivity contribution in [1.29, 1.82) is 0 Å². The summed E-state index contributed by atoms with van der Waals surface area (Å²) in [5.41, 5.74) is 0.796. The Morgan fingerprint density at radius 2 is 2.30 bits per heavy atom.